The fourth-order valence-corrected chi connectivity index (χ4v) is 2.20. The Hall–Kier alpha value is -2.52. The third-order valence-corrected chi connectivity index (χ3v) is 3.46. The average molecular weight is 300 g/mol. The molecule has 22 heavy (non-hydrogen) atoms. The SMILES string of the molecule is Cc1ccc(N)c(N/C=C(/C#N)C(=O)NCC2CCCO2)c1. The highest BCUT2D eigenvalue weighted by molar-refractivity contribution is 5.97. The lowest BCUT2D eigenvalue weighted by atomic mass is 10.2. The second kappa shape index (κ2) is 7.48. The van der Waals surface area contributed by atoms with Gasteiger partial charge in [-0.1, -0.05) is 6.07 Å². The molecule has 1 saturated heterocycles. The molecule has 0 aliphatic carbocycles. The molecule has 0 radical (unpaired) electrons. The molecule has 1 atom stereocenters. The fraction of sp³-hybridized carbons (Fsp3) is 0.375. The number of benzene rings is 1. The van der Waals surface area contributed by atoms with Gasteiger partial charge < -0.3 is 21.1 Å². The van der Waals surface area contributed by atoms with Gasteiger partial charge in [0, 0.05) is 19.4 Å². The molecule has 6 heteroatoms. The van der Waals surface area contributed by atoms with E-state index in [1.165, 1.54) is 6.20 Å². The average Bonchev–Trinajstić information content (AvgIpc) is 3.02. The summed E-state index contributed by atoms with van der Waals surface area (Å²) in [7, 11) is 0. The number of rotatable bonds is 5. The van der Waals surface area contributed by atoms with Crippen LogP contribution in [0.2, 0.25) is 0 Å². The molecule has 4 N–H and O–H groups in total. The number of nitrogens with two attached hydrogens (primary N) is 1. The first-order valence-corrected chi connectivity index (χ1v) is 7.23. The summed E-state index contributed by atoms with van der Waals surface area (Å²) in [6.07, 6.45) is 3.36. The number of nitrogens with one attached hydrogen (secondary N) is 2. The summed E-state index contributed by atoms with van der Waals surface area (Å²) in [5.41, 5.74) is 8.10. The maximum Gasteiger partial charge on any atom is 0.263 e. The lowest BCUT2D eigenvalue weighted by Crippen LogP contribution is -2.32. The minimum atomic E-state index is -0.420. The van der Waals surface area contributed by atoms with Crippen LogP contribution in [-0.2, 0) is 9.53 Å². The van der Waals surface area contributed by atoms with Gasteiger partial charge in [0.2, 0.25) is 0 Å². The number of nitrogen functional groups attached to an aromatic ring is 1. The van der Waals surface area contributed by atoms with Crippen LogP contribution in [0.3, 0.4) is 0 Å². The quantitative estimate of drug-likeness (QED) is 0.436. The first-order chi connectivity index (χ1) is 10.6. The summed E-state index contributed by atoms with van der Waals surface area (Å²) in [6.45, 7) is 3.09. The Labute approximate surface area is 129 Å². The van der Waals surface area contributed by atoms with Gasteiger partial charge in [-0.2, -0.15) is 5.26 Å². The molecule has 0 bridgehead atoms. The van der Waals surface area contributed by atoms with Gasteiger partial charge in [0.25, 0.3) is 5.91 Å². The summed E-state index contributed by atoms with van der Waals surface area (Å²) in [5.74, 6) is -0.420. The zero-order chi connectivity index (χ0) is 15.9. The number of hydrogen-bond acceptors (Lipinski definition) is 5. The van der Waals surface area contributed by atoms with Gasteiger partial charge >= 0.3 is 0 Å². The van der Waals surface area contributed by atoms with Crippen molar-refractivity contribution >= 4 is 17.3 Å². The topological polar surface area (TPSA) is 100 Å². The van der Waals surface area contributed by atoms with E-state index in [4.69, 9.17) is 15.7 Å². The predicted octanol–water partition coefficient (Wildman–Crippen LogP) is 1.69. The maximum absolute atomic E-state index is 12.0. The number of amides is 1. The van der Waals surface area contributed by atoms with E-state index in [2.05, 4.69) is 10.6 Å². The van der Waals surface area contributed by atoms with Crippen LogP contribution < -0.4 is 16.4 Å². The molecule has 0 spiro atoms. The van der Waals surface area contributed by atoms with Crippen molar-refractivity contribution < 1.29 is 9.53 Å². The number of ether oxygens (including phenoxy) is 1. The molecule has 1 aromatic rings. The summed E-state index contributed by atoms with van der Waals surface area (Å²) in [4.78, 5) is 12.0. The summed E-state index contributed by atoms with van der Waals surface area (Å²) in [5, 5.41) is 14.7. The number of nitriles is 1. The van der Waals surface area contributed by atoms with Crippen LogP contribution in [0.1, 0.15) is 18.4 Å². The number of carbonyl (C=O) groups is 1. The van der Waals surface area contributed by atoms with Crippen LogP contribution in [0.25, 0.3) is 0 Å². The second-order valence-electron chi connectivity index (χ2n) is 5.25. The summed E-state index contributed by atoms with van der Waals surface area (Å²) in [6, 6.07) is 7.40. The van der Waals surface area contributed by atoms with Gasteiger partial charge in [-0.3, -0.25) is 4.79 Å². The van der Waals surface area contributed by atoms with Crippen molar-refractivity contribution in [1.82, 2.24) is 5.32 Å². The van der Waals surface area contributed by atoms with Crippen molar-refractivity contribution in [2.75, 3.05) is 24.2 Å². The monoisotopic (exact) mass is 300 g/mol. The highest BCUT2D eigenvalue weighted by atomic mass is 16.5. The molecule has 2 rings (SSSR count). The highest BCUT2D eigenvalue weighted by Gasteiger charge is 2.17. The third kappa shape index (κ3) is 4.24. The molecule has 1 fully saturated rings. The predicted molar refractivity (Wildman–Crippen MR) is 84.9 cm³/mol. The van der Waals surface area contributed by atoms with E-state index in [0.29, 0.717) is 17.9 Å². The zero-order valence-electron chi connectivity index (χ0n) is 12.6. The van der Waals surface area contributed by atoms with Crippen LogP contribution in [0.4, 0.5) is 11.4 Å². The standard InChI is InChI=1S/C16H20N4O2/c1-11-4-5-14(18)15(7-11)19-9-12(8-17)16(21)20-10-13-3-2-6-22-13/h4-5,7,9,13,19H,2-3,6,10,18H2,1H3,(H,20,21)/b12-9-. The third-order valence-electron chi connectivity index (χ3n) is 3.46. The molecule has 1 amide bonds. The second-order valence-corrected chi connectivity index (χ2v) is 5.25. The smallest absolute Gasteiger partial charge is 0.263 e. The van der Waals surface area contributed by atoms with Gasteiger partial charge in [0.15, 0.2) is 0 Å². The van der Waals surface area contributed by atoms with Crippen LogP contribution in [0, 0.1) is 18.3 Å². The molecule has 116 valence electrons. The van der Waals surface area contributed by atoms with Gasteiger partial charge in [-0.25, -0.2) is 0 Å². The first kappa shape index (κ1) is 15.9. The lowest BCUT2D eigenvalue weighted by Gasteiger charge is -2.11. The highest BCUT2D eigenvalue weighted by Crippen LogP contribution is 2.19. The van der Waals surface area contributed by atoms with Crippen molar-refractivity contribution in [2.24, 2.45) is 0 Å². The number of nitrogens with zero attached hydrogens (tertiary/aromatic N) is 1. The maximum atomic E-state index is 12.0. The van der Waals surface area contributed by atoms with Gasteiger partial charge in [-0.05, 0) is 37.5 Å². The van der Waals surface area contributed by atoms with E-state index in [9.17, 15) is 4.79 Å². The molecule has 0 aromatic heterocycles. The molecule has 6 nitrogen and oxygen atoms in total. The molecule has 1 aliphatic rings. The Kier molecular flexibility index (Phi) is 5.39. The van der Waals surface area contributed by atoms with Crippen LogP contribution in [0.15, 0.2) is 30.0 Å². The van der Waals surface area contributed by atoms with E-state index < -0.39 is 5.91 Å². The zero-order valence-corrected chi connectivity index (χ0v) is 12.6. The molecular weight excluding hydrogens is 280 g/mol. The lowest BCUT2D eigenvalue weighted by molar-refractivity contribution is -0.117. The van der Waals surface area contributed by atoms with Gasteiger partial charge in [-0.15, -0.1) is 0 Å². The van der Waals surface area contributed by atoms with Crippen molar-refractivity contribution in [3.05, 3.63) is 35.5 Å². The largest absolute Gasteiger partial charge is 0.397 e. The molecule has 1 aliphatic heterocycles. The van der Waals surface area contributed by atoms with Crippen molar-refractivity contribution in [1.29, 1.82) is 5.26 Å². The van der Waals surface area contributed by atoms with Crippen LogP contribution >= 0.6 is 0 Å². The molecule has 1 heterocycles. The normalized spacial score (nSPS) is 17.8. The minimum Gasteiger partial charge on any atom is -0.397 e. The minimum absolute atomic E-state index is 0.00102. The number of hydrogen-bond donors (Lipinski definition) is 3. The van der Waals surface area contributed by atoms with E-state index in [-0.39, 0.29) is 11.7 Å². The van der Waals surface area contributed by atoms with E-state index in [1.54, 1.807) is 6.07 Å². The Bertz CT molecular complexity index is 613. The first-order valence-electron chi connectivity index (χ1n) is 7.23. The number of aryl methyl sites for hydroxylation is 1. The van der Waals surface area contributed by atoms with Crippen LogP contribution in [0.5, 0.6) is 0 Å². The Morgan fingerprint density at radius 1 is 1.59 bits per heavy atom. The van der Waals surface area contributed by atoms with Crippen LogP contribution in [-0.4, -0.2) is 25.2 Å². The Morgan fingerprint density at radius 2 is 2.41 bits per heavy atom. The summed E-state index contributed by atoms with van der Waals surface area (Å²) >= 11 is 0. The molecule has 1 unspecified atom stereocenters. The Morgan fingerprint density at radius 3 is 3.09 bits per heavy atom. The molecule has 0 saturated carbocycles. The molecular formula is C16H20N4O2. The van der Waals surface area contributed by atoms with Crippen molar-refractivity contribution in [3.63, 3.8) is 0 Å². The van der Waals surface area contributed by atoms with E-state index in [0.717, 1.165) is 25.0 Å². The van der Waals surface area contributed by atoms with Crippen molar-refractivity contribution in [3.8, 4) is 6.07 Å². The number of carbonyl (C=O) groups excluding carboxylic acids is 1. The fourth-order valence-electron chi connectivity index (χ4n) is 2.20. The number of anilines is 2. The van der Waals surface area contributed by atoms with Gasteiger partial charge in [0.05, 0.1) is 17.5 Å². The van der Waals surface area contributed by atoms with E-state index >= 15 is 0 Å². The Balaban J connectivity index is 1.96. The summed E-state index contributed by atoms with van der Waals surface area (Å²) < 4.78 is 5.43. The van der Waals surface area contributed by atoms with Gasteiger partial charge in [0.1, 0.15) is 11.6 Å². The van der Waals surface area contributed by atoms with E-state index in [1.807, 2.05) is 25.1 Å². The van der Waals surface area contributed by atoms with Crippen molar-refractivity contribution in [2.45, 2.75) is 25.9 Å². The molecule has 1 aromatic carbocycles.